The largest absolute Gasteiger partial charge is 0.466 e. The number of hydrogen-bond donors (Lipinski definition) is 3. The first-order valence-corrected chi connectivity index (χ1v) is 16.0. The first-order valence-electron chi connectivity index (χ1n) is 14.5. The lowest BCUT2D eigenvalue weighted by Crippen LogP contribution is -2.49. The van der Waals surface area contributed by atoms with Crippen molar-refractivity contribution in [2.75, 3.05) is 70.3 Å². The molecule has 4 rings (SSSR count). The molecule has 3 N–H and O–H groups in total. The summed E-state index contributed by atoms with van der Waals surface area (Å²) < 4.78 is 21.7. The summed E-state index contributed by atoms with van der Waals surface area (Å²) >= 11 is 0. The van der Waals surface area contributed by atoms with E-state index < -0.39 is 28.7 Å². The van der Waals surface area contributed by atoms with Gasteiger partial charge >= 0.3 is 18.0 Å². The number of methoxy groups -OCH3 is 2. The quantitative estimate of drug-likeness (QED) is 0.289. The van der Waals surface area contributed by atoms with Crippen LogP contribution in [0.1, 0.15) is 44.6 Å². The molecule has 0 saturated carbocycles. The third kappa shape index (κ3) is 7.78. The molecular formula is C30H43N5O6S. The number of nitrogens with zero attached hydrogens (tertiary/aromatic N) is 2. The van der Waals surface area contributed by atoms with Crippen LogP contribution in [0.25, 0.3) is 0 Å². The second-order valence-electron chi connectivity index (χ2n) is 10.9. The van der Waals surface area contributed by atoms with E-state index in [1.54, 1.807) is 38.1 Å². The van der Waals surface area contributed by atoms with Gasteiger partial charge in [-0.15, -0.1) is 0 Å². The number of nitrogens with one attached hydrogen (secondary N) is 3. The van der Waals surface area contributed by atoms with E-state index in [9.17, 15) is 18.6 Å². The number of esters is 2. The SMILES string of the molecule is COC(=O)C1=C(C)NC(C)=C(C(=O)OC)C1c1cccc(NC(=O)NCCCN2CCC(N3CCS(=O)CC3)CC2)c1. The minimum absolute atomic E-state index is 0.307. The molecule has 230 valence electrons. The van der Waals surface area contributed by atoms with Gasteiger partial charge in [0.2, 0.25) is 0 Å². The van der Waals surface area contributed by atoms with Crippen molar-refractivity contribution in [3.8, 4) is 0 Å². The van der Waals surface area contributed by atoms with E-state index in [4.69, 9.17) is 9.47 Å². The minimum Gasteiger partial charge on any atom is -0.466 e. The van der Waals surface area contributed by atoms with Crippen molar-refractivity contribution in [2.45, 2.75) is 45.1 Å². The molecule has 0 radical (unpaired) electrons. The Morgan fingerprint density at radius 2 is 1.60 bits per heavy atom. The van der Waals surface area contributed by atoms with Crippen molar-refractivity contribution in [1.82, 2.24) is 20.4 Å². The van der Waals surface area contributed by atoms with Crippen LogP contribution in [0.2, 0.25) is 0 Å². The number of carbonyl (C=O) groups excluding carboxylic acids is 3. The van der Waals surface area contributed by atoms with Crippen LogP contribution in [0.5, 0.6) is 0 Å². The summed E-state index contributed by atoms with van der Waals surface area (Å²) in [4.78, 5) is 43.2. The summed E-state index contributed by atoms with van der Waals surface area (Å²) in [5, 5.41) is 8.89. The number of likely N-dealkylation sites (tertiary alicyclic amines) is 1. The van der Waals surface area contributed by atoms with E-state index in [2.05, 4.69) is 25.8 Å². The Morgan fingerprint density at radius 3 is 2.19 bits per heavy atom. The molecule has 0 aromatic heterocycles. The van der Waals surface area contributed by atoms with E-state index in [0.717, 1.165) is 63.5 Å². The maximum atomic E-state index is 12.8. The van der Waals surface area contributed by atoms with Crippen LogP contribution >= 0.6 is 0 Å². The Bertz CT molecular complexity index is 1210. The van der Waals surface area contributed by atoms with Gasteiger partial charge in [-0.2, -0.15) is 0 Å². The normalized spacial score (nSPS) is 19.8. The molecule has 12 heteroatoms. The van der Waals surface area contributed by atoms with Gasteiger partial charge in [-0.3, -0.25) is 9.11 Å². The zero-order chi connectivity index (χ0) is 30.2. The Morgan fingerprint density at radius 1 is 0.976 bits per heavy atom. The second kappa shape index (κ2) is 14.8. The number of piperidine rings is 1. The highest BCUT2D eigenvalue weighted by molar-refractivity contribution is 7.85. The Labute approximate surface area is 250 Å². The Kier molecular flexibility index (Phi) is 11.2. The van der Waals surface area contributed by atoms with Crippen molar-refractivity contribution in [3.63, 3.8) is 0 Å². The van der Waals surface area contributed by atoms with Gasteiger partial charge in [0.05, 0.1) is 31.3 Å². The van der Waals surface area contributed by atoms with Crippen LogP contribution < -0.4 is 16.0 Å². The number of anilines is 1. The summed E-state index contributed by atoms with van der Waals surface area (Å²) in [6.07, 6.45) is 3.11. The van der Waals surface area contributed by atoms with Crippen LogP contribution in [0.3, 0.4) is 0 Å². The van der Waals surface area contributed by atoms with Crippen LogP contribution in [0.15, 0.2) is 46.8 Å². The highest BCUT2D eigenvalue weighted by Gasteiger charge is 2.37. The number of rotatable bonds is 9. The third-order valence-corrected chi connectivity index (χ3v) is 9.55. The molecule has 3 aliphatic heterocycles. The van der Waals surface area contributed by atoms with Gasteiger partial charge in [0.25, 0.3) is 0 Å². The van der Waals surface area contributed by atoms with Crippen LogP contribution in [-0.2, 0) is 29.9 Å². The van der Waals surface area contributed by atoms with Gasteiger partial charge in [0, 0.05) is 65.1 Å². The minimum atomic E-state index is -0.723. The number of urea groups is 1. The summed E-state index contributed by atoms with van der Waals surface area (Å²) in [6, 6.07) is 7.37. The van der Waals surface area contributed by atoms with Gasteiger partial charge < -0.3 is 30.3 Å². The maximum absolute atomic E-state index is 12.8. The van der Waals surface area contributed by atoms with Crippen LogP contribution in [0, 0.1) is 0 Å². The van der Waals surface area contributed by atoms with Crippen molar-refractivity contribution in [1.29, 1.82) is 0 Å². The van der Waals surface area contributed by atoms with Gasteiger partial charge in [-0.1, -0.05) is 12.1 Å². The molecule has 1 aromatic carbocycles. The first kappa shape index (κ1) is 31.7. The van der Waals surface area contributed by atoms with Gasteiger partial charge in [0.15, 0.2) is 0 Å². The molecule has 3 aliphatic rings. The first-order chi connectivity index (χ1) is 20.2. The van der Waals surface area contributed by atoms with Crippen LogP contribution in [0.4, 0.5) is 10.5 Å². The molecule has 2 saturated heterocycles. The van der Waals surface area contributed by atoms with Crippen LogP contribution in [-0.4, -0.2) is 103 Å². The lowest BCUT2D eigenvalue weighted by molar-refractivity contribution is -0.137. The number of hydrogen-bond acceptors (Lipinski definition) is 9. The predicted molar refractivity (Wildman–Crippen MR) is 162 cm³/mol. The number of allylic oxidation sites excluding steroid dienone is 2. The molecule has 11 nitrogen and oxygen atoms in total. The fourth-order valence-electron chi connectivity index (χ4n) is 6.09. The molecule has 0 atom stereocenters. The summed E-state index contributed by atoms with van der Waals surface area (Å²) in [5.74, 6) is -0.231. The molecule has 1 aromatic rings. The van der Waals surface area contributed by atoms with Crippen molar-refractivity contribution in [2.24, 2.45) is 0 Å². The number of amides is 2. The van der Waals surface area contributed by atoms with E-state index in [1.165, 1.54) is 14.2 Å². The fourth-order valence-corrected chi connectivity index (χ4v) is 7.17. The Balaban J connectivity index is 1.29. The maximum Gasteiger partial charge on any atom is 0.336 e. The fraction of sp³-hybridized carbons (Fsp3) is 0.567. The summed E-state index contributed by atoms with van der Waals surface area (Å²) in [7, 11) is 1.96. The van der Waals surface area contributed by atoms with Crippen molar-refractivity contribution in [3.05, 3.63) is 52.4 Å². The van der Waals surface area contributed by atoms with Gasteiger partial charge in [0.1, 0.15) is 0 Å². The molecule has 0 spiro atoms. The molecule has 3 heterocycles. The zero-order valence-corrected chi connectivity index (χ0v) is 25.8. The topological polar surface area (TPSA) is 129 Å². The smallest absolute Gasteiger partial charge is 0.336 e. The molecule has 2 amide bonds. The molecule has 0 unspecified atom stereocenters. The molecular weight excluding hydrogens is 558 g/mol. The van der Waals surface area contributed by atoms with E-state index in [-0.39, 0.29) is 6.03 Å². The van der Waals surface area contributed by atoms with Crippen molar-refractivity contribution >= 4 is 34.5 Å². The lowest BCUT2D eigenvalue weighted by Gasteiger charge is -2.40. The summed E-state index contributed by atoms with van der Waals surface area (Å²) in [6.45, 7) is 8.96. The zero-order valence-electron chi connectivity index (χ0n) is 25.0. The van der Waals surface area contributed by atoms with E-state index in [0.29, 0.717) is 46.4 Å². The molecule has 42 heavy (non-hydrogen) atoms. The number of benzene rings is 1. The average molecular weight is 602 g/mol. The standard InChI is InChI=1S/C30H43N5O6S/c1-20-25(28(36)40-3)27(26(21(2)32-20)29(37)41-4)22-7-5-8-23(19-22)33-30(38)31-11-6-12-34-13-9-24(10-14-34)35-15-17-42(39)18-16-35/h5,7-8,19,24,27,32H,6,9-18H2,1-4H3,(H2,31,33,38). The van der Waals surface area contributed by atoms with E-state index in [1.807, 2.05) is 0 Å². The molecule has 0 aliphatic carbocycles. The second-order valence-corrected chi connectivity index (χ2v) is 12.6. The van der Waals surface area contributed by atoms with Gasteiger partial charge in [-0.05, 0) is 70.4 Å². The van der Waals surface area contributed by atoms with Gasteiger partial charge in [-0.25, -0.2) is 14.4 Å². The Hall–Kier alpha value is -3.22. The average Bonchev–Trinajstić information content (AvgIpc) is 2.99. The monoisotopic (exact) mass is 601 g/mol. The molecule has 2 fully saturated rings. The highest BCUT2D eigenvalue weighted by Crippen LogP contribution is 2.39. The summed E-state index contributed by atoms with van der Waals surface area (Å²) in [5.41, 5.74) is 2.97. The highest BCUT2D eigenvalue weighted by atomic mass is 32.2. The predicted octanol–water partition coefficient (Wildman–Crippen LogP) is 2.31. The number of dihydropyridines is 1. The third-order valence-electron chi connectivity index (χ3n) is 8.27. The number of ether oxygens (including phenoxy) is 2. The van der Waals surface area contributed by atoms with Crippen molar-refractivity contribution < 1.29 is 28.1 Å². The number of carbonyl (C=O) groups is 3. The van der Waals surface area contributed by atoms with E-state index >= 15 is 0 Å². The lowest BCUT2D eigenvalue weighted by atomic mass is 9.80. The molecule has 0 bridgehead atoms.